The van der Waals surface area contributed by atoms with E-state index in [4.69, 9.17) is 28.4 Å². The maximum atomic E-state index is 11.9. The third kappa shape index (κ3) is 7.18. The van der Waals surface area contributed by atoms with Gasteiger partial charge in [0.2, 0.25) is 0 Å². The fourth-order valence-corrected chi connectivity index (χ4v) is 11.4. The molecule has 0 amide bonds. The Morgan fingerprint density at radius 2 is 1.44 bits per heavy atom. The molecule has 322 valence electrons. The highest BCUT2D eigenvalue weighted by Gasteiger charge is 2.59. The molecule has 0 radical (unpaired) electrons. The Morgan fingerprint density at radius 3 is 2.09 bits per heavy atom. The average molecular weight is 811 g/mol. The van der Waals surface area contributed by atoms with Crippen LogP contribution < -0.4 is 0 Å². The van der Waals surface area contributed by atoms with E-state index >= 15 is 0 Å². The van der Waals surface area contributed by atoms with Crippen LogP contribution in [0.5, 0.6) is 0 Å². The van der Waals surface area contributed by atoms with Crippen molar-refractivity contribution in [2.75, 3.05) is 13.2 Å². The first-order chi connectivity index (χ1) is 26.8. The molecule has 4 aliphatic carbocycles. The molecule has 3 heterocycles. The maximum Gasteiger partial charge on any atom is 0.335 e. The minimum Gasteiger partial charge on any atom is -0.479 e. The zero-order chi connectivity index (χ0) is 41.5. The van der Waals surface area contributed by atoms with E-state index < -0.39 is 110 Å². The minimum atomic E-state index is -2.00. The summed E-state index contributed by atoms with van der Waals surface area (Å²) in [6, 6.07) is 0. The SMILES string of the molecule is CC(C)C1=CC=C2C3=C(CC[C@@]21C)[C@@]1(C)CC[C@H](O[C@@H]2OC[C@H](O)[C@H](O[C@@H]4O[C@H](C(=O)O)[C@H](O)[C@H](O)[C@H]4O)[C@H]2O[C@@H]2O[C@H](CO)[C@H](O)[C@H](O)[C@H]2O)C(C)(C)[C@@H]1CC3. The first-order valence-electron chi connectivity index (χ1n) is 20.4. The second kappa shape index (κ2) is 15.9. The van der Waals surface area contributed by atoms with E-state index in [1.807, 2.05) is 0 Å². The molecule has 3 aliphatic heterocycles. The molecule has 3 saturated heterocycles. The molecule has 4 fully saturated rings. The van der Waals surface area contributed by atoms with E-state index in [0.29, 0.717) is 12.3 Å². The summed E-state index contributed by atoms with van der Waals surface area (Å²) in [6.07, 6.45) is -14.6. The van der Waals surface area contributed by atoms with Crippen molar-refractivity contribution >= 4 is 5.97 Å². The first-order valence-corrected chi connectivity index (χ1v) is 20.4. The summed E-state index contributed by atoms with van der Waals surface area (Å²) < 4.78 is 36.1. The van der Waals surface area contributed by atoms with Gasteiger partial charge in [-0.25, -0.2) is 4.79 Å². The molecule has 0 aromatic carbocycles. The van der Waals surface area contributed by atoms with Crippen molar-refractivity contribution in [3.05, 3.63) is 34.4 Å². The first kappa shape index (κ1) is 43.2. The normalized spacial score (nSPS) is 48.5. The average Bonchev–Trinajstić information content (AvgIpc) is 3.52. The van der Waals surface area contributed by atoms with Crippen LogP contribution in [-0.4, -0.2) is 157 Å². The van der Waals surface area contributed by atoms with E-state index in [0.717, 1.165) is 32.1 Å². The monoisotopic (exact) mass is 810 g/mol. The summed E-state index contributed by atoms with van der Waals surface area (Å²) in [5.41, 5.74) is 5.50. The number of aliphatic hydroxyl groups is 8. The number of carboxylic acids is 1. The van der Waals surface area contributed by atoms with Crippen LogP contribution in [0.25, 0.3) is 0 Å². The molecule has 0 aromatic heterocycles. The van der Waals surface area contributed by atoms with Gasteiger partial charge in [0, 0.05) is 5.41 Å². The Balaban J connectivity index is 1.16. The Hall–Kier alpha value is -1.87. The van der Waals surface area contributed by atoms with Crippen molar-refractivity contribution in [1.29, 1.82) is 0 Å². The summed E-state index contributed by atoms with van der Waals surface area (Å²) >= 11 is 0. The number of fused-ring (bicyclic) bond motifs is 4. The number of aliphatic carboxylic acids is 1. The van der Waals surface area contributed by atoms with Crippen molar-refractivity contribution in [1.82, 2.24) is 0 Å². The predicted octanol–water partition coefficient (Wildman–Crippen LogP) is 0.407. The van der Waals surface area contributed by atoms with E-state index in [9.17, 15) is 50.8 Å². The number of allylic oxidation sites excluding steroid dienone is 6. The van der Waals surface area contributed by atoms with Crippen LogP contribution in [0.2, 0.25) is 0 Å². The van der Waals surface area contributed by atoms with Crippen molar-refractivity contribution in [2.24, 2.45) is 28.1 Å². The lowest BCUT2D eigenvalue weighted by molar-refractivity contribution is -0.387. The summed E-state index contributed by atoms with van der Waals surface area (Å²) in [5, 5.41) is 94.3. The number of aliphatic hydroxyl groups excluding tert-OH is 8. The van der Waals surface area contributed by atoms with E-state index in [1.54, 1.807) is 0 Å². The van der Waals surface area contributed by atoms with E-state index in [1.165, 1.54) is 22.3 Å². The van der Waals surface area contributed by atoms with Gasteiger partial charge in [0.05, 0.1) is 19.3 Å². The van der Waals surface area contributed by atoms with Gasteiger partial charge < -0.3 is 74.4 Å². The van der Waals surface area contributed by atoms with Crippen molar-refractivity contribution in [3.8, 4) is 0 Å². The lowest BCUT2D eigenvalue weighted by atomic mass is 9.46. The minimum absolute atomic E-state index is 0.0502. The number of hydrogen-bond donors (Lipinski definition) is 9. The van der Waals surface area contributed by atoms with Gasteiger partial charge in [-0.15, -0.1) is 0 Å². The molecule has 0 aromatic rings. The highest BCUT2D eigenvalue weighted by Crippen LogP contribution is 2.66. The van der Waals surface area contributed by atoms with Crippen molar-refractivity contribution in [3.63, 3.8) is 0 Å². The molecule has 16 heteroatoms. The second-order valence-corrected chi connectivity index (χ2v) is 18.5. The molecule has 9 N–H and O–H groups in total. The molecule has 0 spiro atoms. The number of ether oxygens (including phenoxy) is 6. The van der Waals surface area contributed by atoms with E-state index in [2.05, 4.69) is 53.7 Å². The molecular weight excluding hydrogens is 748 g/mol. The van der Waals surface area contributed by atoms with Gasteiger partial charge in [-0.05, 0) is 72.3 Å². The highest BCUT2D eigenvalue weighted by molar-refractivity contribution is 5.73. The van der Waals surface area contributed by atoms with Gasteiger partial charge in [-0.1, -0.05) is 64.8 Å². The summed E-state index contributed by atoms with van der Waals surface area (Å²) in [4.78, 5) is 11.9. The van der Waals surface area contributed by atoms with Crippen molar-refractivity contribution in [2.45, 2.75) is 172 Å². The zero-order valence-corrected chi connectivity index (χ0v) is 33.5. The highest BCUT2D eigenvalue weighted by atomic mass is 16.8. The van der Waals surface area contributed by atoms with Gasteiger partial charge in [0.1, 0.15) is 61.0 Å². The van der Waals surface area contributed by atoms with Crippen LogP contribution in [0.3, 0.4) is 0 Å². The molecule has 1 saturated carbocycles. The van der Waals surface area contributed by atoms with Crippen LogP contribution in [0.15, 0.2) is 34.4 Å². The maximum absolute atomic E-state index is 11.9. The molecule has 0 unspecified atom stereocenters. The van der Waals surface area contributed by atoms with E-state index in [-0.39, 0.29) is 23.4 Å². The van der Waals surface area contributed by atoms with Crippen LogP contribution in [-0.2, 0) is 33.2 Å². The third-order valence-corrected chi connectivity index (χ3v) is 14.6. The standard InChI is InChI=1S/C41H62O16/c1-17(2)19-8-9-20-18-7-10-24-39(3,4)25(12-14-41(24,6)21(18)11-13-40(19,20)5)54-38-34(57-36-30(48)27(45)26(44)23(15-42)53-36)32(22(43)16-52-38)55-37-31(49)28(46)29(47)33(56-37)35(50)51/h8-9,17,22-34,36-38,42-49H,7,10-16H2,1-6H3,(H,50,51)/t22-,23+,24-,25-,26-,27-,28-,29+,30+,31+,32-,33-,34+,36-,37+,38-,40+,41+/m0/s1. The zero-order valence-electron chi connectivity index (χ0n) is 33.5. The molecule has 7 rings (SSSR count). The van der Waals surface area contributed by atoms with Gasteiger partial charge in [0.15, 0.2) is 25.0 Å². The summed E-state index contributed by atoms with van der Waals surface area (Å²) in [7, 11) is 0. The number of rotatable bonds is 9. The molecule has 16 nitrogen and oxygen atoms in total. The van der Waals surface area contributed by atoms with Crippen LogP contribution in [0.4, 0.5) is 0 Å². The Labute approximate surface area is 332 Å². The lowest BCUT2D eigenvalue weighted by Crippen LogP contribution is -2.66. The number of hydrogen-bond acceptors (Lipinski definition) is 15. The molecule has 0 bridgehead atoms. The van der Waals surface area contributed by atoms with Crippen LogP contribution in [0.1, 0.15) is 80.1 Å². The largest absolute Gasteiger partial charge is 0.479 e. The summed E-state index contributed by atoms with van der Waals surface area (Å²) in [5.74, 6) is -0.960. The second-order valence-electron chi connectivity index (χ2n) is 18.5. The predicted molar refractivity (Wildman–Crippen MR) is 198 cm³/mol. The van der Waals surface area contributed by atoms with Crippen LogP contribution in [0, 0.1) is 28.1 Å². The van der Waals surface area contributed by atoms with Crippen molar-refractivity contribution < 1.29 is 79.2 Å². The Kier molecular flexibility index (Phi) is 12.0. The quantitative estimate of drug-likeness (QED) is 0.153. The number of carbonyl (C=O) groups is 1. The topological polar surface area (TPSA) is 255 Å². The van der Waals surface area contributed by atoms with Crippen LogP contribution >= 0.6 is 0 Å². The Bertz CT molecular complexity index is 1610. The number of carboxylic acid groups (broad SMARTS) is 1. The molecule has 57 heavy (non-hydrogen) atoms. The molecule has 18 atom stereocenters. The fourth-order valence-electron chi connectivity index (χ4n) is 11.4. The Morgan fingerprint density at radius 1 is 0.789 bits per heavy atom. The lowest BCUT2D eigenvalue weighted by Gasteiger charge is -2.60. The molecular formula is C41H62O16. The third-order valence-electron chi connectivity index (χ3n) is 14.6. The summed E-state index contributed by atoms with van der Waals surface area (Å²) in [6.45, 7) is 12.5. The van der Waals surface area contributed by atoms with Gasteiger partial charge in [0.25, 0.3) is 0 Å². The van der Waals surface area contributed by atoms with Gasteiger partial charge >= 0.3 is 5.97 Å². The van der Waals surface area contributed by atoms with Gasteiger partial charge in [-0.2, -0.15) is 0 Å². The van der Waals surface area contributed by atoms with Gasteiger partial charge in [-0.3, -0.25) is 0 Å². The fraction of sp³-hybridized carbons (Fsp3) is 0.829. The molecule has 7 aliphatic rings. The smallest absolute Gasteiger partial charge is 0.335 e.